The largest absolute Gasteiger partial charge is 0.465 e. The summed E-state index contributed by atoms with van der Waals surface area (Å²) in [5.74, 6) is 0.853. The van der Waals surface area contributed by atoms with Crippen LogP contribution in [0.1, 0.15) is 34.7 Å². The molecule has 0 spiro atoms. The fourth-order valence-electron chi connectivity index (χ4n) is 1.76. The summed E-state index contributed by atoms with van der Waals surface area (Å²) in [7, 11) is 1.34. The summed E-state index contributed by atoms with van der Waals surface area (Å²) in [5.41, 5.74) is 0.324. The first kappa shape index (κ1) is 12.1. The van der Waals surface area contributed by atoms with E-state index in [1.165, 1.54) is 7.11 Å². The molecular formula is C12H17NO4. The van der Waals surface area contributed by atoms with Crippen LogP contribution in [0.15, 0.2) is 10.5 Å². The topological polar surface area (TPSA) is 71.7 Å². The minimum absolute atomic E-state index is 0.133. The van der Waals surface area contributed by atoms with Gasteiger partial charge < -0.3 is 19.6 Å². The Morgan fingerprint density at radius 3 is 2.88 bits per heavy atom. The second-order valence-corrected chi connectivity index (χ2v) is 4.47. The number of carbonyl (C=O) groups is 1. The lowest BCUT2D eigenvalue weighted by Gasteiger charge is -2.12. The van der Waals surface area contributed by atoms with E-state index in [0.717, 1.165) is 12.8 Å². The van der Waals surface area contributed by atoms with Crippen molar-refractivity contribution < 1.29 is 19.1 Å². The van der Waals surface area contributed by atoms with Crippen LogP contribution in [0.25, 0.3) is 0 Å². The maximum absolute atomic E-state index is 11.4. The van der Waals surface area contributed by atoms with Crippen LogP contribution in [-0.4, -0.2) is 30.3 Å². The minimum Gasteiger partial charge on any atom is -0.465 e. The van der Waals surface area contributed by atoms with E-state index < -0.39 is 0 Å². The van der Waals surface area contributed by atoms with Crippen LogP contribution < -0.4 is 5.32 Å². The fraction of sp³-hybridized carbons (Fsp3) is 0.583. The Kier molecular flexibility index (Phi) is 3.22. The molecule has 0 amide bonds. The number of aliphatic hydroxyl groups excluding tert-OH is 1. The highest BCUT2D eigenvalue weighted by atomic mass is 16.5. The van der Waals surface area contributed by atoms with Gasteiger partial charge in [-0.2, -0.15) is 0 Å². The zero-order valence-corrected chi connectivity index (χ0v) is 10.1. The van der Waals surface area contributed by atoms with Crippen LogP contribution >= 0.6 is 0 Å². The highest BCUT2D eigenvalue weighted by Gasteiger charge is 2.41. The number of rotatable bonds is 5. The number of hydrogen-bond donors (Lipinski definition) is 2. The van der Waals surface area contributed by atoms with Gasteiger partial charge in [0.2, 0.25) is 0 Å². The summed E-state index contributed by atoms with van der Waals surface area (Å²) in [6.45, 7) is 2.38. The monoisotopic (exact) mass is 239 g/mol. The second kappa shape index (κ2) is 4.50. The smallest absolute Gasteiger partial charge is 0.341 e. The summed E-state index contributed by atoms with van der Waals surface area (Å²) < 4.78 is 10.1. The van der Waals surface area contributed by atoms with Crippen LogP contribution in [0, 0.1) is 6.92 Å². The number of methoxy groups -OCH3 is 1. The molecule has 0 radical (unpaired) electrons. The van der Waals surface area contributed by atoms with Gasteiger partial charge >= 0.3 is 5.97 Å². The van der Waals surface area contributed by atoms with Gasteiger partial charge in [0.25, 0.3) is 0 Å². The highest BCUT2D eigenvalue weighted by molar-refractivity contribution is 5.90. The van der Waals surface area contributed by atoms with Crippen molar-refractivity contribution in [1.82, 2.24) is 5.32 Å². The standard InChI is InChI=1S/C12H17NO4/c1-8-10(11(15)16-2)5-9(17-8)6-13-12(7-14)3-4-12/h5,13-14H,3-4,6-7H2,1-2H3. The molecule has 17 heavy (non-hydrogen) atoms. The van der Waals surface area contributed by atoms with Gasteiger partial charge in [-0.1, -0.05) is 0 Å². The number of aliphatic hydroxyl groups is 1. The van der Waals surface area contributed by atoms with E-state index in [2.05, 4.69) is 10.1 Å². The van der Waals surface area contributed by atoms with Gasteiger partial charge in [-0.15, -0.1) is 0 Å². The van der Waals surface area contributed by atoms with Crippen LogP contribution in [0.2, 0.25) is 0 Å². The molecule has 1 aliphatic carbocycles. The maximum atomic E-state index is 11.4. The lowest BCUT2D eigenvalue weighted by Crippen LogP contribution is -2.33. The average molecular weight is 239 g/mol. The Morgan fingerprint density at radius 1 is 1.65 bits per heavy atom. The average Bonchev–Trinajstić information content (AvgIpc) is 3.03. The molecule has 5 nitrogen and oxygen atoms in total. The summed E-state index contributed by atoms with van der Waals surface area (Å²) in [6, 6.07) is 1.68. The molecule has 0 bridgehead atoms. The number of aryl methyl sites for hydroxylation is 1. The summed E-state index contributed by atoms with van der Waals surface area (Å²) >= 11 is 0. The third-order valence-corrected chi connectivity index (χ3v) is 3.17. The third-order valence-electron chi connectivity index (χ3n) is 3.17. The number of ether oxygens (including phenoxy) is 1. The van der Waals surface area contributed by atoms with E-state index in [9.17, 15) is 4.79 Å². The number of nitrogens with one attached hydrogen (secondary N) is 1. The van der Waals surface area contributed by atoms with Crippen molar-refractivity contribution >= 4 is 5.97 Å². The molecule has 1 saturated carbocycles. The van der Waals surface area contributed by atoms with Gasteiger partial charge in [-0.25, -0.2) is 4.79 Å². The van der Waals surface area contributed by atoms with Crippen molar-refractivity contribution in [3.63, 3.8) is 0 Å². The first-order valence-corrected chi connectivity index (χ1v) is 5.64. The Balaban J connectivity index is 2.00. The van der Waals surface area contributed by atoms with Crippen molar-refractivity contribution in [2.75, 3.05) is 13.7 Å². The Morgan fingerprint density at radius 2 is 2.35 bits per heavy atom. The molecule has 0 aromatic carbocycles. The Hall–Kier alpha value is -1.33. The van der Waals surface area contributed by atoms with Crippen LogP contribution in [0.3, 0.4) is 0 Å². The van der Waals surface area contributed by atoms with Crippen LogP contribution in [0.4, 0.5) is 0 Å². The molecule has 2 N–H and O–H groups in total. The summed E-state index contributed by atoms with van der Waals surface area (Å²) in [5, 5.41) is 12.4. The predicted molar refractivity (Wildman–Crippen MR) is 60.7 cm³/mol. The molecule has 5 heteroatoms. The second-order valence-electron chi connectivity index (χ2n) is 4.47. The Bertz CT molecular complexity index is 420. The number of carbonyl (C=O) groups excluding carboxylic acids is 1. The SMILES string of the molecule is COC(=O)c1cc(CNC2(CO)CC2)oc1C. The Labute approximate surface area is 99.8 Å². The summed E-state index contributed by atoms with van der Waals surface area (Å²) in [6.07, 6.45) is 1.96. The molecule has 1 aromatic rings. The van der Waals surface area contributed by atoms with E-state index in [1.54, 1.807) is 13.0 Å². The molecule has 0 aliphatic heterocycles. The quantitative estimate of drug-likeness (QED) is 0.750. The molecule has 0 unspecified atom stereocenters. The highest BCUT2D eigenvalue weighted by Crippen LogP contribution is 2.34. The number of hydrogen-bond acceptors (Lipinski definition) is 5. The molecular weight excluding hydrogens is 222 g/mol. The number of esters is 1. The van der Waals surface area contributed by atoms with E-state index >= 15 is 0 Å². The van der Waals surface area contributed by atoms with Gasteiger partial charge in [0.05, 0.1) is 20.3 Å². The van der Waals surface area contributed by atoms with E-state index in [0.29, 0.717) is 23.6 Å². The molecule has 0 saturated heterocycles. The third kappa shape index (κ3) is 2.50. The molecule has 1 aromatic heterocycles. The maximum Gasteiger partial charge on any atom is 0.341 e. The van der Waals surface area contributed by atoms with E-state index in [-0.39, 0.29) is 18.1 Å². The van der Waals surface area contributed by atoms with Gasteiger partial charge in [0, 0.05) is 5.54 Å². The molecule has 94 valence electrons. The zero-order chi connectivity index (χ0) is 12.5. The lowest BCUT2D eigenvalue weighted by molar-refractivity contribution is 0.0599. The van der Waals surface area contributed by atoms with Crippen molar-refractivity contribution in [3.05, 3.63) is 23.2 Å². The minimum atomic E-state index is -0.388. The van der Waals surface area contributed by atoms with Gasteiger partial charge in [0.15, 0.2) is 0 Å². The van der Waals surface area contributed by atoms with E-state index in [1.807, 2.05) is 0 Å². The number of furan rings is 1. The first-order chi connectivity index (χ1) is 8.10. The molecule has 2 rings (SSSR count). The van der Waals surface area contributed by atoms with Crippen molar-refractivity contribution in [1.29, 1.82) is 0 Å². The lowest BCUT2D eigenvalue weighted by atomic mass is 10.2. The van der Waals surface area contributed by atoms with Crippen molar-refractivity contribution in [3.8, 4) is 0 Å². The summed E-state index contributed by atoms with van der Waals surface area (Å²) in [4.78, 5) is 11.4. The van der Waals surface area contributed by atoms with Gasteiger partial charge in [-0.05, 0) is 25.8 Å². The molecule has 1 fully saturated rings. The van der Waals surface area contributed by atoms with Gasteiger partial charge in [-0.3, -0.25) is 0 Å². The van der Waals surface area contributed by atoms with Crippen molar-refractivity contribution in [2.24, 2.45) is 0 Å². The van der Waals surface area contributed by atoms with Crippen LogP contribution in [0.5, 0.6) is 0 Å². The molecule has 0 atom stereocenters. The molecule has 1 aliphatic rings. The van der Waals surface area contributed by atoms with Gasteiger partial charge in [0.1, 0.15) is 17.1 Å². The normalized spacial score (nSPS) is 16.9. The van der Waals surface area contributed by atoms with Crippen molar-refractivity contribution in [2.45, 2.75) is 31.8 Å². The van der Waals surface area contributed by atoms with E-state index in [4.69, 9.17) is 9.52 Å². The fourth-order valence-corrected chi connectivity index (χ4v) is 1.76. The zero-order valence-electron chi connectivity index (χ0n) is 10.1. The first-order valence-electron chi connectivity index (χ1n) is 5.64. The molecule has 1 heterocycles. The predicted octanol–water partition coefficient (Wildman–Crippen LogP) is 0.989. The van der Waals surface area contributed by atoms with Crippen LogP contribution in [-0.2, 0) is 11.3 Å².